The molecule has 2 rings (SSSR count). The van der Waals surface area contributed by atoms with Crippen molar-refractivity contribution in [1.29, 1.82) is 0 Å². The number of aliphatic hydroxyl groups is 1. The van der Waals surface area contributed by atoms with Crippen LogP contribution in [-0.4, -0.2) is 42.9 Å². The number of hydrogen-bond donors (Lipinski definition) is 3. The molecule has 1 unspecified atom stereocenters. The first-order valence-electron chi connectivity index (χ1n) is 9.16. The van der Waals surface area contributed by atoms with E-state index in [0.717, 1.165) is 5.75 Å². The highest BCUT2D eigenvalue weighted by Gasteiger charge is 2.08. The molecule has 0 radical (unpaired) electrons. The summed E-state index contributed by atoms with van der Waals surface area (Å²) in [5, 5.41) is 15.9. The third kappa shape index (κ3) is 7.29. The van der Waals surface area contributed by atoms with Crippen molar-refractivity contribution >= 4 is 11.6 Å². The maximum Gasteiger partial charge on any atom is 0.255 e. The number of rotatable bonds is 10. The molecule has 6 heteroatoms. The van der Waals surface area contributed by atoms with Gasteiger partial charge in [-0.05, 0) is 55.5 Å². The minimum Gasteiger partial charge on any atom is -0.494 e. The van der Waals surface area contributed by atoms with Crippen LogP contribution >= 0.6 is 0 Å². The van der Waals surface area contributed by atoms with Crippen LogP contribution in [0.5, 0.6) is 11.5 Å². The lowest BCUT2D eigenvalue weighted by atomic mass is 10.2. The summed E-state index contributed by atoms with van der Waals surface area (Å²) >= 11 is 0. The summed E-state index contributed by atoms with van der Waals surface area (Å²) < 4.78 is 10.9. The Bertz CT molecular complexity index is 699. The molecule has 146 valence electrons. The molecule has 1 atom stereocenters. The quantitative estimate of drug-likeness (QED) is 0.597. The van der Waals surface area contributed by atoms with E-state index in [2.05, 4.69) is 10.6 Å². The van der Waals surface area contributed by atoms with Crippen LogP contribution in [0.3, 0.4) is 0 Å². The normalized spacial score (nSPS) is 11.9. The molecular weight excluding hydrogens is 344 g/mol. The fourth-order valence-electron chi connectivity index (χ4n) is 2.33. The van der Waals surface area contributed by atoms with Gasteiger partial charge in [-0.3, -0.25) is 4.79 Å². The van der Waals surface area contributed by atoms with Crippen LogP contribution < -0.4 is 20.1 Å². The average molecular weight is 372 g/mol. The second-order valence-electron chi connectivity index (χ2n) is 6.46. The Morgan fingerprint density at radius 1 is 1.00 bits per heavy atom. The Hall–Kier alpha value is -2.57. The van der Waals surface area contributed by atoms with Gasteiger partial charge in [0.05, 0.1) is 6.61 Å². The predicted molar refractivity (Wildman–Crippen MR) is 107 cm³/mol. The molecule has 2 aromatic rings. The topological polar surface area (TPSA) is 79.8 Å². The van der Waals surface area contributed by atoms with E-state index in [0.29, 0.717) is 36.2 Å². The monoisotopic (exact) mass is 372 g/mol. The molecular formula is C21H28N2O4. The maximum absolute atomic E-state index is 12.3. The summed E-state index contributed by atoms with van der Waals surface area (Å²) in [7, 11) is 0. The number of hydrogen-bond acceptors (Lipinski definition) is 5. The molecule has 2 aromatic carbocycles. The average Bonchev–Trinajstić information content (AvgIpc) is 2.66. The second kappa shape index (κ2) is 10.5. The summed E-state index contributed by atoms with van der Waals surface area (Å²) in [5.41, 5.74) is 1.22. The van der Waals surface area contributed by atoms with Crippen molar-refractivity contribution in [2.45, 2.75) is 32.9 Å². The highest BCUT2D eigenvalue weighted by molar-refractivity contribution is 6.04. The van der Waals surface area contributed by atoms with Gasteiger partial charge in [0.25, 0.3) is 5.91 Å². The smallest absolute Gasteiger partial charge is 0.255 e. The summed E-state index contributed by atoms with van der Waals surface area (Å²) in [4.78, 5) is 12.3. The molecule has 6 nitrogen and oxygen atoms in total. The first-order valence-corrected chi connectivity index (χ1v) is 9.16. The van der Waals surface area contributed by atoms with Crippen molar-refractivity contribution < 1.29 is 19.4 Å². The standard InChI is InChI=1S/C21H28N2O4/c1-4-26-19-9-5-16(6-10-19)21(25)23-17-7-11-20(12-8-17)27-14-18(24)13-22-15(2)3/h5-12,15,18,22,24H,4,13-14H2,1-3H3,(H,23,25). The van der Waals surface area contributed by atoms with Gasteiger partial charge in [0.2, 0.25) is 0 Å². The second-order valence-corrected chi connectivity index (χ2v) is 6.46. The Morgan fingerprint density at radius 2 is 1.59 bits per heavy atom. The SMILES string of the molecule is CCOc1ccc(C(=O)Nc2ccc(OCC(O)CNC(C)C)cc2)cc1. The summed E-state index contributed by atoms with van der Waals surface area (Å²) in [6.07, 6.45) is -0.577. The number of benzene rings is 2. The van der Waals surface area contributed by atoms with Crippen molar-refractivity contribution in [3.63, 3.8) is 0 Å². The summed E-state index contributed by atoms with van der Waals surface area (Å²) in [5.74, 6) is 1.18. The van der Waals surface area contributed by atoms with E-state index >= 15 is 0 Å². The number of carbonyl (C=O) groups is 1. The summed E-state index contributed by atoms with van der Waals surface area (Å²) in [6.45, 7) is 7.23. The molecule has 0 saturated carbocycles. The third-order valence-corrected chi connectivity index (χ3v) is 3.74. The van der Waals surface area contributed by atoms with Gasteiger partial charge in [-0.2, -0.15) is 0 Å². The Kier molecular flexibility index (Phi) is 8.10. The number of amides is 1. The number of carbonyl (C=O) groups excluding carboxylic acids is 1. The van der Waals surface area contributed by atoms with Gasteiger partial charge in [-0.15, -0.1) is 0 Å². The van der Waals surface area contributed by atoms with Gasteiger partial charge in [-0.1, -0.05) is 13.8 Å². The van der Waals surface area contributed by atoms with E-state index < -0.39 is 6.10 Å². The highest BCUT2D eigenvalue weighted by Crippen LogP contribution is 2.18. The van der Waals surface area contributed by atoms with E-state index in [4.69, 9.17) is 9.47 Å². The molecule has 0 heterocycles. The first kappa shape index (κ1) is 20.7. The van der Waals surface area contributed by atoms with E-state index in [1.165, 1.54) is 0 Å². The molecule has 0 aliphatic heterocycles. The minimum atomic E-state index is -0.577. The van der Waals surface area contributed by atoms with Crippen LogP contribution in [-0.2, 0) is 0 Å². The van der Waals surface area contributed by atoms with Crippen LogP contribution in [0.4, 0.5) is 5.69 Å². The molecule has 0 spiro atoms. The van der Waals surface area contributed by atoms with Crippen LogP contribution in [0.15, 0.2) is 48.5 Å². The highest BCUT2D eigenvalue weighted by atomic mass is 16.5. The fourth-order valence-corrected chi connectivity index (χ4v) is 2.33. The van der Waals surface area contributed by atoms with E-state index in [-0.39, 0.29) is 12.5 Å². The molecule has 0 fully saturated rings. The molecule has 0 aromatic heterocycles. The molecule has 0 aliphatic carbocycles. The molecule has 0 bridgehead atoms. The Balaban J connectivity index is 1.83. The van der Waals surface area contributed by atoms with Crippen LogP contribution in [0.2, 0.25) is 0 Å². The largest absolute Gasteiger partial charge is 0.494 e. The van der Waals surface area contributed by atoms with Gasteiger partial charge in [0.15, 0.2) is 0 Å². The van der Waals surface area contributed by atoms with Gasteiger partial charge in [-0.25, -0.2) is 0 Å². The zero-order valence-electron chi connectivity index (χ0n) is 16.1. The maximum atomic E-state index is 12.3. The van der Waals surface area contributed by atoms with Crippen molar-refractivity contribution in [2.75, 3.05) is 25.1 Å². The van der Waals surface area contributed by atoms with Crippen molar-refractivity contribution in [3.8, 4) is 11.5 Å². The molecule has 27 heavy (non-hydrogen) atoms. The lowest BCUT2D eigenvalue weighted by Crippen LogP contribution is -2.35. The van der Waals surface area contributed by atoms with Crippen LogP contribution in [0.25, 0.3) is 0 Å². The van der Waals surface area contributed by atoms with Crippen molar-refractivity contribution in [2.24, 2.45) is 0 Å². The lowest BCUT2D eigenvalue weighted by molar-refractivity contribution is 0.102. The van der Waals surface area contributed by atoms with Gasteiger partial charge in [0.1, 0.15) is 24.2 Å². The van der Waals surface area contributed by atoms with Crippen LogP contribution in [0.1, 0.15) is 31.1 Å². The van der Waals surface area contributed by atoms with Gasteiger partial charge >= 0.3 is 0 Å². The molecule has 0 saturated heterocycles. The van der Waals surface area contributed by atoms with E-state index in [9.17, 15) is 9.90 Å². The van der Waals surface area contributed by atoms with E-state index in [1.807, 2.05) is 20.8 Å². The lowest BCUT2D eigenvalue weighted by Gasteiger charge is -2.15. The number of nitrogens with one attached hydrogen (secondary N) is 2. The fraction of sp³-hybridized carbons (Fsp3) is 0.381. The van der Waals surface area contributed by atoms with Gasteiger partial charge < -0.3 is 25.2 Å². The molecule has 0 aliphatic rings. The Morgan fingerprint density at radius 3 is 2.19 bits per heavy atom. The number of aliphatic hydroxyl groups excluding tert-OH is 1. The minimum absolute atomic E-state index is 0.193. The van der Waals surface area contributed by atoms with E-state index in [1.54, 1.807) is 48.5 Å². The third-order valence-electron chi connectivity index (χ3n) is 3.74. The van der Waals surface area contributed by atoms with Crippen LogP contribution in [0, 0.1) is 0 Å². The zero-order chi connectivity index (χ0) is 19.6. The predicted octanol–water partition coefficient (Wildman–Crippen LogP) is 3.08. The summed E-state index contributed by atoms with van der Waals surface area (Å²) in [6, 6.07) is 14.4. The van der Waals surface area contributed by atoms with Crippen molar-refractivity contribution in [3.05, 3.63) is 54.1 Å². The molecule has 3 N–H and O–H groups in total. The zero-order valence-corrected chi connectivity index (χ0v) is 16.1. The van der Waals surface area contributed by atoms with Crippen molar-refractivity contribution in [1.82, 2.24) is 5.32 Å². The number of anilines is 1. The van der Waals surface area contributed by atoms with Gasteiger partial charge in [0, 0.05) is 23.8 Å². The first-order chi connectivity index (χ1) is 13.0. The molecule has 1 amide bonds. The number of ether oxygens (including phenoxy) is 2. The Labute approximate surface area is 160 Å².